The van der Waals surface area contributed by atoms with E-state index in [1.165, 1.54) is 23.0 Å². The SMILES string of the molecule is Cc1c(C(=O)NC[C@@H]2COCCO2)oc2c1-c1nn(CC(F)(F)c3ccccn3)cc1CC2. The minimum atomic E-state index is -3.17. The Morgan fingerprint density at radius 2 is 2.18 bits per heavy atom. The molecule has 1 fully saturated rings. The largest absolute Gasteiger partial charge is 0.455 e. The molecule has 1 amide bonds. The number of rotatable bonds is 6. The molecule has 1 N–H and O–H groups in total. The molecule has 4 heterocycles. The number of ether oxygens (including phenoxy) is 2. The normalized spacial score (nSPS) is 18.0. The maximum Gasteiger partial charge on any atom is 0.308 e. The first kappa shape index (κ1) is 21.7. The van der Waals surface area contributed by atoms with Gasteiger partial charge in [-0.25, -0.2) is 0 Å². The van der Waals surface area contributed by atoms with E-state index >= 15 is 0 Å². The van der Waals surface area contributed by atoms with E-state index in [9.17, 15) is 13.6 Å². The third kappa shape index (κ3) is 4.28. The zero-order valence-electron chi connectivity index (χ0n) is 18.1. The first-order valence-electron chi connectivity index (χ1n) is 10.9. The molecule has 1 atom stereocenters. The highest BCUT2D eigenvalue weighted by molar-refractivity contribution is 5.95. The van der Waals surface area contributed by atoms with Gasteiger partial charge in [-0.1, -0.05) is 6.07 Å². The van der Waals surface area contributed by atoms with Crippen molar-refractivity contribution in [3.05, 3.63) is 58.9 Å². The summed E-state index contributed by atoms with van der Waals surface area (Å²) in [5.74, 6) is -2.67. The van der Waals surface area contributed by atoms with Crippen LogP contribution in [-0.2, 0) is 34.8 Å². The van der Waals surface area contributed by atoms with Gasteiger partial charge in [0.05, 0.1) is 31.6 Å². The average Bonchev–Trinajstić information content (AvgIpc) is 3.38. The van der Waals surface area contributed by atoms with Gasteiger partial charge in [0.1, 0.15) is 18.0 Å². The summed E-state index contributed by atoms with van der Waals surface area (Å²) in [5.41, 5.74) is 2.48. The van der Waals surface area contributed by atoms with Crippen LogP contribution in [0.1, 0.15) is 33.1 Å². The highest BCUT2D eigenvalue weighted by Gasteiger charge is 2.36. The Bertz CT molecular complexity index is 1150. The summed E-state index contributed by atoms with van der Waals surface area (Å²) in [6, 6.07) is 4.43. The lowest BCUT2D eigenvalue weighted by Gasteiger charge is -2.22. The summed E-state index contributed by atoms with van der Waals surface area (Å²) in [7, 11) is 0. The van der Waals surface area contributed by atoms with Gasteiger partial charge >= 0.3 is 5.92 Å². The standard InChI is InChI=1S/C23H24F2N4O4/c1-14-19-17(33-21(14)22(30)27-10-16-12-31-8-9-32-16)6-5-15-11-29(28-20(15)19)13-23(24,25)18-4-2-3-7-26-18/h2-4,7,11,16H,5-6,8-10,12-13H2,1H3,(H,27,30)/t16-/m1/s1. The fraction of sp³-hybridized carbons (Fsp3) is 0.435. The summed E-state index contributed by atoms with van der Waals surface area (Å²) >= 11 is 0. The first-order chi connectivity index (χ1) is 15.9. The smallest absolute Gasteiger partial charge is 0.308 e. The molecule has 2 aliphatic rings. The fourth-order valence-electron chi connectivity index (χ4n) is 4.27. The van der Waals surface area contributed by atoms with E-state index in [1.807, 2.05) is 0 Å². The van der Waals surface area contributed by atoms with E-state index in [1.54, 1.807) is 19.2 Å². The minimum Gasteiger partial charge on any atom is -0.455 e. The lowest BCUT2D eigenvalue weighted by atomic mass is 9.93. The van der Waals surface area contributed by atoms with E-state index in [2.05, 4.69) is 15.4 Å². The van der Waals surface area contributed by atoms with Crippen LogP contribution in [0.2, 0.25) is 0 Å². The number of carbonyl (C=O) groups excluding carboxylic acids is 1. The molecule has 10 heteroatoms. The molecule has 0 aromatic carbocycles. The predicted octanol–water partition coefficient (Wildman–Crippen LogP) is 2.88. The Morgan fingerprint density at radius 3 is 2.94 bits per heavy atom. The van der Waals surface area contributed by atoms with Gasteiger partial charge in [-0.15, -0.1) is 0 Å². The molecule has 33 heavy (non-hydrogen) atoms. The van der Waals surface area contributed by atoms with Crippen molar-refractivity contribution >= 4 is 5.91 Å². The molecule has 3 aromatic rings. The lowest BCUT2D eigenvalue weighted by Crippen LogP contribution is -2.39. The van der Waals surface area contributed by atoms with Crippen LogP contribution >= 0.6 is 0 Å². The molecule has 0 unspecified atom stereocenters. The van der Waals surface area contributed by atoms with Crippen LogP contribution < -0.4 is 5.32 Å². The predicted molar refractivity (Wildman–Crippen MR) is 113 cm³/mol. The summed E-state index contributed by atoms with van der Waals surface area (Å²) < 4.78 is 47.5. The summed E-state index contributed by atoms with van der Waals surface area (Å²) in [6.45, 7) is 2.95. The van der Waals surface area contributed by atoms with E-state index < -0.39 is 12.5 Å². The van der Waals surface area contributed by atoms with Crippen molar-refractivity contribution in [2.75, 3.05) is 26.4 Å². The van der Waals surface area contributed by atoms with E-state index in [4.69, 9.17) is 13.9 Å². The number of carbonyl (C=O) groups is 1. The molecule has 8 nitrogen and oxygen atoms in total. The number of furan rings is 1. The zero-order chi connectivity index (χ0) is 23.0. The first-order valence-corrected chi connectivity index (χ1v) is 10.9. The Hall–Kier alpha value is -3.11. The van der Waals surface area contributed by atoms with E-state index in [0.29, 0.717) is 61.8 Å². The molecule has 5 rings (SSSR count). The van der Waals surface area contributed by atoms with Crippen molar-refractivity contribution in [1.29, 1.82) is 0 Å². The van der Waals surface area contributed by atoms with Crippen LogP contribution in [-0.4, -0.2) is 53.1 Å². The summed E-state index contributed by atoms with van der Waals surface area (Å²) in [6.07, 6.45) is 3.95. The van der Waals surface area contributed by atoms with Gasteiger partial charge in [-0.3, -0.25) is 14.5 Å². The number of hydrogen-bond acceptors (Lipinski definition) is 6. The zero-order valence-corrected chi connectivity index (χ0v) is 18.1. The molecule has 0 saturated carbocycles. The quantitative estimate of drug-likeness (QED) is 0.611. The van der Waals surface area contributed by atoms with Crippen molar-refractivity contribution in [2.45, 2.75) is 38.3 Å². The third-order valence-corrected chi connectivity index (χ3v) is 5.90. The summed E-state index contributed by atoms with van der Waals surface area (Å²) in [5, 5.41) is 7.26. The number of aromatic nitrogens is 3. The summed E-state index contributed by atoms with van der Waals surface area (Å²) in [4.78, 5) is 16.5. The molecular weight excluding hydrogens is 434 g/mol. The van der Waals surface area contributed by atoms with Crippen LogP contribution in [0.4, 0.5) is 8.78 Å². The second-order valence-electron chi connectivity index (χ2n) is 8.25. The Kier molecular flexibility index (Phi) is 5.71. The second-order valence-corrected chi connectivity index (χ2v) is 8.25. The Balaban J connectivity index is 1.36. The minimum absolute atomic E-state index is 0.198. The van der Waals surface area contributed by atoms with Crippen molar-refractivity contribution in [3.63, 3.8) is 0 Å². The van der Waals surface area contributed by atoms with Crippen LogP contribution in [0.3, 0.4) is 0 Å². The van der Waals surface area contributed by atoms with Crippen LogP contribution in [0.5, 0.6) is 0 Å². The monoisotopic (exact) mass is 458 g/mol. The second kappa shape index (κ2) is 8.68. The molecule has 1 aliphatic carbocycles. The van der Waals surface area contributed by atoms with Crippen LogP contribution in [0, 0.1) is 6.92 Å². The number of nitrogens with zero attached hydrogens (tertiary/aromatic N) is 3. The van der Waals surface area contributed by atoms with E-state index in [0.717, 1.165) is 5.56 Å². The molecule has 0 spiro atoms. The number of fused-ring (bicyclic) bond motifs is 3. The molecule has 1 saturated heterocycles. The third-order valence-electron chi connectivity index (χ3n) is 5.90. The van der Waals surface area contributed by atoms with Gasteiger partial charge in [0.25, 0.3) is 5.91 Å². The molecule has 174 valence electrons. The number of pyridine rings is 1. The van der Waals surface area contributed by atoms with Crippen molar-refractivity contribution in [3.8, 4) is 11.3 Å². The van der Waals surface area contributed by atoms with Crippen molar-refractivity contribution in [2.24, 2.45) is 0 Å². The highest BCUT2D eigenvalue weighted by atomic mass is 19.3. The highest BCUT2D eigenvalue weighted by Crippen LogP contribution is 2.39. The Morgan fingerprint density at radius 1 is 1.30 bits per heavy atom. The van der Waals surface area contributed by atoms with Gasteiger partial charge < -0.3 is 19.2 Å². The fourth-order valence-corrected chi connectivity index (χ4v) is 4.27. The number of amides is 1. The van der Waals surface area contributed by atoms with Gasteiger partial charge in [-0.2, -0.15) is 13.9 Å². The van der Waals surface area contributed by atoms with Gasteiger partial charge in [-0.05, 0) is 31.0 Å². The number of hydrogen-bond donors (Lipinski definition) is 1. The lowest BCUT2D eigenvalue weighted by molar-refractivity contribution is -0.0856. The van der Waals surface area contributed by atoms with Gasteiger partial charge in [0, 0.05) is 36.5 Å². The average molecular weight is 458 g/mol. The van der Waals surface area contributed by atoms with Crippen LogP contribution in [0.15, 0.2) is 35.0 Å². The van der Waals surface area contributed by atoms with Gasteiger partial charge in [0.15, 0.2) is 5.76 Å². The molecule has 3 aromatic heterocycles. The topological polar surface area (TPSA) is 91.4 Å². The maximum atomic E-state index is 14.7. The van der Waals surface area contributed by atoms with Gasteiger partial charge in [0.2, 0.25) is 0 Å². The maximum absolute atomic E-state index is 14.7. The van der Waals surface area contributed by atoms with Crippen molar-refractivity contribution in [1.82, 2.24) is 20.1 Å². The molecule has 0 radical (unpaired) electrons. The molecule has 0 bridgehead atoms. The van der Waals surface area contributed by atoms with E-state index in [-0.39, 0.29) is 23.5 Å². The number of nitrogens with one attached hydrogen (secondary N) is 1. The number of aryl methyl sites for hydroxylation is 2. The number of alkyl halides is 2. The molecule has 1 aliphatic heterocycles. The van der Waals surface area contributed by atoms with Crippen LogP contribution in [0.25, 0.3) is 11.3 Å². The molecular formula is C23H24F2N4O4. The number of halogens is 2. The Labute approximate surface area is 188 Å². The van der Waals surface area contributed by atoms with Crippen molar-refractivity contribution < 1.29 is 27.5 Å².